The quantitative estimate of drug-likeness (QED) is 0.840. The first-order valence-corrected chi connectivity index (χ1v) is 8.71. The number of anilines is 1. The van der Waals surface area contributed by atoms with Gasteiger partial charge in [-0.3, -0.25) is 4.72 Å². The predicted molar refractivity (Wildman–Crippen MR) is 90.6 cm³/mol. The Hall–Kier alpha value is -2.05. The van der Waals surface area contributed by atoms with Crippen LogP contribution in [0.15, 0.2) is 47.9 Å². The van der Waals surface area contributed by atoms with Crippen LogP contribution in [-0.4, -0.2) is 15.0 Å². The van der Waals surface area contributed by atoms with Gasteiger partial charge < -0.3 is 4.74 Å². The Morgan fingerprint density at radius 2 is 1.91 bits per heavy atom. The molecule has 2 aromatic rings. The van der Waals surface area contributed by atoms with Crippen molar-refractivity contribution in [3.8, 4) is 5.75 Å². The maximum Gasteiger partial charge on any atom is 0.255 e. The SMILES string of the molecule is CCOc1ccc(NS(=O)(=O)/C=C/c2ccc(Cl)cc2)cc1F. The van der Waals surface area contributed by atoms with E-state index in [-0.39, 0.29) is 11.4 Å². The number of rotatable bonds is 6. The van der Waals surface area contributed by atoms with Gasteiger partial charge in [0, 0.05) is 11.1 Å². The Balaban J connectivity index is 2.11. The van der Waals surface area contributed by atoms with Crippen LogP contribution in [0.1, 0.15) is 12.5 Å². The lowest BCUT2D eigenvalue weighted by atomic mass is 10.2. The molecule has 0 amide bonds. The molecule has 122 valence electrons. The maximum absolute atomic E-state index is 13.7. The average Bonchev–Trinajstić information content (AvgIpc) is 2.49. The Morgan fingerprint density at radius 3 is 2.52 bits per heavy atom. The maximum atomic E-state index is 13.7. The molecule has 0 radical (unpaired) electrons. The molecule has 0 aromatic heterocycles. The third kappa shape index (κ3) is 5.26. The molecule has 0 saturated carbocycles. The molecule has 0 unspecified atom stereocenters. The van der Waals surface area contributed by atoms with E-state index in [9.17, 15) is 12.8 Å². The third-order valence-electron chi connectivity index (χ3n) is 2.80. The summed E-state index contributed by atoms with van der Waals surface area (Å²) < 4.78 is 45.0. The highest BCUT2D eigenvalue weighted by molar-refractivity contribution is 7.95. The Morgan fingerprint density at radius 1 is 1.22 bits per heavy atom. The second kappa shape index (κ2) is 7.48. The van der Waals surface area contributed by atoms with Crippen LogP contribution >= 0.6 is 11.6 Å². The van der Waals surface area contributed by atoms with Crippen molar-refractivity contribution in [1.82, 2.24) is 0 Å². The van der Waals surface area contributed by atoms with Crippen molar-refractivity contribution in [2.75, 3.05) is 11.3 Å². The third-order valence-corrected chi connectivity index (χ3v) is 4.07. The fourth-order valence-corrected chi connectivity index (χ4v) is 2.76. The molecular weight excluding hydrogens is 341 g/mol. The molecule has 2 aromatic carbocycles. The van der Waals surface area contributed by atoms with Crippen LogP contribution < -0.4 is 9.46 Å². The van der Waals surface area contributed by atoms with Gasteiger partial charge in [0.05, 0.1) is 17.7 Å². The van der Waals surface area contributed by atoms with Crippen LogP contribution in [0.4, 0.5) is 10.1 Å². The van der Waals surface area contributed by atoms with Crippen LogP contribution in [-0.2, 0) is 10.0 Å². The molecule has 0 atom stereocenters. The number of hydrogen-bond donors (Lipinski definition) is 1. The summed E-state index contributed by atoms with van der Waals surface area (Å²) in [6.07, 6.45) is 1.42. The summed E-state index contributed by atoms with van der Waals surface area (Å²) in [4.78, 5) is 0. The van der Waals surface area contributed by atoms with Crippen LogP contribution in [0.5, 0.6) is 5.75 Å². The Labute approximate surface area is 139 Å². The van der Waals surface area contributed by atoms with Crippen molar-refractivity contribution in [2.24, 2.45) is 0 Å². The molecule has 1 N–H and O–H groups in total. The molecule has 23 heavy (non-hydrogen) atoms. The van der Waals surface area contributed by atoms with E-state index in [1.807, 2.05) is 0 Å². The molecule has 0 fully saturated rings. The van der Waals surface area contributed by atoms with Gasteiger partial charge in [0.25, 0.3) is 10.0 Å². The minimum atomic E-state index is -3.76. The van der Waals surface area contributed by atoms with Gasteiger partial charge in [0.2, 0.25) is 0 Å². The highest BCUT2D eigenvalue weighted by Gasteiger charge is 2.09. The van der Waals surface area contributed by atoms with Crippen molar-refractivity contribution in [3.05, 3.63) is 64.3 Å². The zero-order valence-corrected chi connectivity index (χ0v) is 13.9. The van der Waals surface area contributed by atoms with Gasteiger partial charge >= 0.3 is 0 Å². The second-order valence-electron chi connectivity index (χ2n) is 4.58. The van der Waals surface area contributed by atoms with Gasteiger partial charge in [0.1, 0.15) is 0 Å². The minimum Gasteiger partial charge on any atom is -0.491 e. The first-order valence-electron chi connectivity index (χ1n) is 6.78. The van der Waals surface area contributed by atoms with Gasteiger partial charge in [-0.15, -0.1) is 0 Å². The average molecular weight is 356 g/mol. The number of hydrogen-bond acceptors (Lipinski definition) is 3. The summed E-state index contributed by atoms with van der Waals surface area (Å²) in [6.45, 7) is 2.06. The fraction of sp³-hybridized carbons (Fsp3) is 0.125. The van der Waals surface area contributed by atoms with E-state index in [1.165, 1.54) is 18.2 Å². The fourth-order valence-electron chi connectivity index (χ4n) is 1.78. The van der Waals surface area contributed by atoms with Crippen molar-refractivity contribution in [2.45, 2.75) is 6.92 Å². The smallest absolute Gasteiger partial charge is 0.255 e. The van der Waals surface area contributed by atoms with E-state index < -0.39 is 15.8 Å². The number of sulfonamides is 1. The largest absolute Gasteiger partial charge is 0.491 e. The Bertz CT molecular complexity index is 805. The van der Waals surface area contributed by atoms with Crippen molar-refractivity contribution >= 4 is 33.4 Å². The summed E-state index contributed by atoms with van der Waals surface area (Å²) in [5.74, 6) is -0.555. The summed E-state index contributed by atoms with van der Waals surface area (Å²) in [5.41, 5.74) is 0.796. The second-order valence-corrected chi connectivity index (χ2v) is 6.58. The number of ether oxygens (including phenoxy) is 1. The summed E-state index contributed by atoms with van der Waals surface area (Å²) in [6, 6.07) is 10.6. The van der Waals surface area contributed by atoms with Crippen LogP contribution in [0.25, 0.3) is 6.08 Å². The van der Waals surface area contributed by atoms with Crippen LogP contribution in [0, 0.1) is 5.82 Å². The zero-order valence-electron chi connectivity index (χ0n) is 12.3. The zero-order chi connectivity index (χ0) is 16.9. The molecular formula is C16H15ClFNO3S. The van der Waals surface area contributed by atoms with Crippen LogP contribution in [0.3, 0.4) is 0 Å². The number of benzene rings is 2. The number of halogens is 2. The lowest BCUT2D eigenvalue weighted by molar-refractivity contribution is 0.321. The van der Waals surface area contributed by atoms with Crippen molar-refractivity contribution in [1.29, 1.82) is 0 Å². The molecule has 0 aliphatic carbocycles. The van der Waals surface area contributed by atoms with E-state index >= 15 is 0 Å². The van der Waals surface area contributed by atoms with Crippen molar-refractivity contribution in [3.63, 3.8) is 0 Å². The standard InChI is InChI=1S/C16H15ClFNO3S/c1-2-22-16-8-7-14(11-15(16)18)19-23(20,21)10-9-12-3-5-13(17)6-4-12/h3-11,19H,2H2,1H3/b10-9+. The molecule has 0 saturated heterocycles. The minimum absolute atomic E-state index is 0.0761. The van der Waals surface area contributed by atoms with Crippen LogP contribution in [0.2, 0.25) is 5.02 Å². The lowest BCUT2D eigenvalue weighted by Gasteiger charge is -2.08. The number of nitrogens with one attached hydrogen (secondary N) is 1. The van der Waals surface area contributed by atoms with E-state index in [0.29, 0.717) is 17.2 Å². The first kappa shape index (κ1) is 17.3. The van der Waals surface area contributed by atoms with Gasteiger partial charge in [-0.1, -0.05) is 23.7 Å². The normalized spacial score (nSPS) is 11.6. The van der Waals surface area contributed by atoms with Gasteiger partial charge in [0.15, 0.2) is 11.6 Å². The van der Waals surface area contributed by atoms with Gasteiger partial charge in [-0.25, -0.2) is 12.8 Å². The highest BCUT2D eigenvalue weighted by Crippen LogP contribution is 2.22. The molecule has 4 nitrogen and oxygen atoms in total. The van der Waals surface area contributed by atoms with E-state index in [2.05, 4.69) is 4.72 Å². The van der Waals surface area contributed by atoms with Gasteiger partial charge in [-0.2, -0.15) is 0 Å². The van der Waals surface area contributed by atoms with Crippen molar-refractivity contribution < 1.29 is 17.5 Å². The summed E-state index contributed by atoms with van der Waals surface area (Å²) >= 11 is 5.76. The lowest BCUT2D eigenvalue weighted by Crippen LogP contribution is -2.09. The molecule has 7 heteroatoms. The van der Waals surface area contributed by atoms with E-state index in [1.54, 1.807) is 31.2 Å². The molecule has 0 aliphatic rings. The summed E-state index contributed by atoms with van der Waals surface area (Å²) in [5, 5.41) is 1.57. The first-order chi connectivity index (χ1) is 10.9. The monoisotopic (exact) mass is 355 g/mol. The highest BCUT2D eigenvalue weighted by atomic mass is 35.5. The molecule has 2 rings (SSSR count). The summed E-state index contributed by atoms with van der Waals surface area (Å²) in [7, 11) is -3.76. The predicted octanol–water partition coefficient (Wildman–Crippen LogP) is 4.29. The topological polar surface area (TPSA) is 55.4 Å². The molecule has 0 heterocycles. The molecule has 0 aliphatic heterocycles. The van der Waals surface area contributed by atoms with E-state index in [0.717, 1.165) is 11.5 Å². The van der Waals surface area contributed by atoms with Gasteiger partial charge in [-0.05, 0) is 42.8 Å². The van der Waals surface area contributed by atoms with E-state index in [4.69, 9.17) is 16.3 Å². The Kier molecular flexibility index (Phi) is 5.63. The molecule has 0 bridgehead atoms. The molecule has 0 spiro atoms.